The van der Waals surface area contributed by atoms with Crippen LogP contribution < -0.4 is 5.32 Å². The van der Waals surface area contributed by atoms with E-state index >= 15 is 0 Å². The molecule has 3 rings (SSSR count). The van der Waals surface area contributed by atoms with Crippen molar-refractivity contribution in [2.45, 2.75) is 51.1 Å². The molecule has 1 unspecified atom stereocenters. The summed E-state index contributed by atoms with van der Waals surface area (Å²) in [5.74, 6) is -0.911. The summed E-state index contributed by atoms with van der Waals surface area (Å²) in [7, 11) is -3.93. The van der Waals surface area contributed by atoms with Gasteiger partial charge in [0, 0.05) is 31.1 Å². The highest BCUT2D eigenvalue weighted by atomic mass is 35.5. The van der Waals surface area contributed by atoms with Crippen molar-refractivity contribution in [3.63, 3.8) is 0 Å². The molecule has 2 aromatic rings. The average Bonchev–Trinajstić information content (AvgIpc) is 3.02. The minimum absolute atomic E-state index is 0.0175. The molecule has 188 valence electrons. The summed E-state index contributed by atoms with van der Waals surface area (Å²) in [6, 6.07) is 12.3. The zero-order valence-corrected chi connectivity index (χ0v) is 21.6. The number of halogens is 1. The van der Waals surface area contributed by atoms with Gasteiger partial charge < -0.3 is 10.2 Å². The van der Waals surface area contributed by atoms with Gasteiger partial charge in [-0.3, -0.25) is 14.4 Å². The van der Waals surface area contributed by atoms with Crippen LogP contribution in [0, 0.1) is 5.92 Å². The molecule has 2 aromatic carbocycles. The van der Waals surface area contributed by atoms with Crippen molar-refractivity contribution in [3.8, 4) is 0 Å². The number of benzene rings is 2. The van der Waals surface area contributed by atoms with E-state index in [9.17, 15) is 22.8 Å². The van der Waals surface area contributed by atoms with Crippen molar-refractivity contribution in [2.24, 2.45) is 5.92 Å². The summed E-state index contributed by atoms with van der Waals surface area (Å²) in [4.78, 5) is 40.0. The van der Waals surface area contributed by atoms with Crippen LogP contribution in [0.5, 0.6) is 0 Å². The van der Waals surface area contributed by atoms with Crippen LogP contribution in [0.25, 0.3) is 0 Å². The highest BCUT2D eigenvalue weighted by Gasteiger charge is 2.40. The fraction of sp³-hybridized carbons (Fsp3) is 0.400. The Bertz CT molecular complexity index is 1200. The van der Waals surface area contributed by atoms with Crippen LogP contribution in [0.4, 0.5) is 0 Å². The lowest BCUT2D eigenvalue weighted by Crippen LogP contribution is -2.48. The molecule has 1 aliphatic rings. The van der Waals surface area contributed by atoms with Gasteiger partial charge in [0.05, 0.1) is 5.56 Å². The van der Waals surface area contributed by atoms with Crippen LogP contribution in [0.3, 0.4) is 0 Å². The number of amides is 3. The largest absolute Gasteiger partial charge is 0.354 e. The standard InChI is InChI=1S/C25H30ClN3O5S/c1-17(2)15-27-24(31)18(3)28(16-19-10-12-20(26)13-11-19)23(30)9-6-14-29-25(32)21-7-4-5-8-22(21)35(29,33)34/h4-5,7-8,10-13,17-18H,6,9,14-16H2,1-3H3,(H,27,31). The van der Waals surface area contributed by atoms with Crippen LogP contribution >= 0.6 is 11.6 Å². The molecule has 0 aromatic heterocycles. The SMILES string of the molecule is CC(C)CNC(=O)C(C)N(Cc1ccc(Cl)cc1)C(=O)CCCN1C(=O)c2ccccc2S1(=O)=O. The second-order valence-electron chi connectivity index (χ2n) is 8.95. The lowest BCUT2D eigenvalue weighted by atomic mass is 10.1. The van der Waals surface area contributed by atoms with Gasteiger partial charge in [-0.1, -0.05) is 49.7 Å². The average molecular weight is 520 g/mol. The third kappa shape index (κ3) is 6.21. The maximum absolute atomic E-state index is 13.2. The molecule has 35 heavy (non-hydrogen) atoms. The first-order valence-corrected chi connectivity index (χ1v) is 13.3. The number of sulfonamides is 1. The van der Waals surface area contributed by atoms with Crippen LogP contribution in [-0.2, 0) is 26.2 Å². The normalized spacial score (nSPS) is 15.1. The van der Waals surface area contributed by atoms with Crippen molar-refractivity contribution in [1.29, 1.82) is 0 Å². The Hall–Kier alpha value is -2.91. The fourth-order valence-electron chi connectivity index (χ4n) is 3.79. The van der Waals surface area contributed by atoms with Gasteiger partial charge in [0.1, 0.15) is 10.9 Å². The van der Waals surface area contributed by atoms with Gasteiger partial charge in [-0.05, 0) is 49.1 Å². The molecule has 0 aliphatic carbocycles. The van der Waals surface area contributed by atoms with Crippen molar-refractivity contribution in [1.82, 2.24) is 14.5 Å². The molecule has 0 radical (unpaired) electrons. The van der Waals surface area contributed by atoms with Crippen LogP contribution in [0.1, 0.15) is 49.5 Å². The predicted octanol–water partition coefficient (Wildman–Crippen LogP) is 3.45. The van der Waals surface area contributed by atoms with E-state index in [1.807, 2.05) is 13.8 Å². The first-order valence-electron chi connectivity index (χ1n) is 11.5. The van der Waals surface area contributed by atoms with Gasteiger partial charge in [0.2, 0.25) is 11.8 Å². The van der Waals surface area contributed by atoms with Crippen molar-refractivity contribution in [3.05, 3.63) is 64.7 Å². The molecular formula is C25H30ClN3O5S. The molecule has 8 nitrogen and oxygen atoms in total. The van der Waals surface area contributed by atoms with E-state index in [2.05, 4.69) is 5.32 Å². The van der Waals surface area contributed by atoms with Gasteiger partial charge >= 0.3 is 0 Å². The quantitative estimate of drug-likeness (QED) is 0.517. The fourth-order valence-corrected chi connectivity index (χ4v) is 5.52. The first-order chi connectivity index (χ1) is 16.5. The Kier molecular flexibility index (Phi) is 8.56. The molecule has 10 heteroatoms. The number of fused-ring (bicyclic) bond motifs is 1. The third-order valence-corrected chi connectivity index (χ3v) is 7.87. The number of rotatable bonds is 10. The lowest BCUT2D eigenvalue weighted by molar-refractivity contribution is -0.140. The van der Waals surface area contributed by atoms with E-state index in [1.165, 1.54) is 17.0 Å². The summed E-state index contributed by atoms with van der Waals surface area (Å²) in [5.41, 5.74) is 0.942. The van der Waals surface area contributed by atoms with Gasteiger partial charge in [-0.2, -0.15) is 0 Å². The molecule has 0 fully saturated rings. The highest BCUT2D eigenvalue weighted by Crippen LogP contribution is 2.30. The van der Waals surface area contributed by atoms with Gasteiger partial charge in [0.15, 0.2) is 0 Å². The van der Waals surface area contributed by atoms with E-state index in [4.69, 9.17) is 11.6 Å². The Morgan fingerprint density at radius 1 is 1.06 bits per heavy atom. The predicted molar refractivity (Wildman–Crippen MR) is 133 cm³/mol. The number of nitrogens with zero attached hydrogens (tertiary/aromatic N) is 2. The van der Waals surface area contributed by atoms with Gasteiger partial charge in [-0.15, -0.1) is 0 Å². The number of hydrogen-bond acceptors (Lipinski definition) is 5. The highest BCUT2D eigenvalue weighted by molar-refractivity contribution is 7.90. The minimum Gasteiger partial charge on any atom is -0.354 e. The molecule has 1 aliphatic heterocycles. The lowest BCUT2D eigenvalue weighted by Gasteiger charge is -2.29. The van der Waals surface area contributed by atoms with Crippen molar-refractivity contribution >= 4 is 39.3 Å². The van der Waals surface area contributed by atoms with Gasteiger partial charge in [-0.25, -0.2) is 12.7 Å². The summed E-state index contributed by atoms with van der Waals surface area (Å²) >= 11 is 5.97. The third-order valence-electron chi connectivity index (χ3n) is 5.78. The number of hydrogen-bond donors (Lipinski definition) is 1. The maximum Gasteiger partial charge on any atom is 0.269 e. The molecule has 0 bridgehead atoms. The van der Waals surface area contributed by atoms with Crippen molar-refractivity contribution in [2.75, 3.05) is 13.1 Å². The zero-order chi connectivity index (χ0) is 25.8. The minimum atomic E-state index is -3.93. The molecule has 1 atom stereocenters. The second-order valence-corrected chi connectivity index (χ2v) is 11.2. The summed E-state index contributed by atoms with van der Waals surface area (Å²) in [6.45, 7) is 6.18. The number of nitrogens with one attached hydrogen (secondary N) is 1. The summed E-state index contributed by atoms with van der Waals surface area (Å²) in [5, 5.41) is 3.42. The van der Waals surface area contributed by atoms with E-state index < -0.39 is 22.0 Å². The summed E-state index contributed by atoms with van der Waals surface area (Å²) < 4.78 is 26.3. The number of carbonyl (C=O) groups is 3. The van der Waals surface area contributed by atoms with Crippen LogP contribution in [0.2, 0.25) is 5.02 Å². The second kappa shape index (κ2) is 11.2. The Morgan fingerprint density at radius 2 is 1.71 bits per heavy atom. The Balaban J connectivity index is 1.69. The molecule has 0 saturated carbocycles. The van der Waals surface area contributed by atoms with Gasteiger partial charge in [0.25, 0.3) is 15.9 Å². The zero-order valence-electron chi connectivity index (χ0n) is 20.0. The van der Waals surface area contributed by atoms with Crippen LogP contribution in [0.15, 0.2) is 53.4 Å². The monoisotopic (exact) mass is 519 g/mol. The molecule has 1 N–H and O–H groups in total. The number of carbonyl (C=O) groups excluding carboxylic acids is 3. The maximum atomic E-state index is 13.2. The van der Waals surface area contributed by atoms with E-state index in [0.29, 0.717) is 11.6 Å². The molecule has 0 saturated heterocycles. The van der Waals surface area contributed by atoms with Crippen molar-refractivity contribution < 1.29 is 22.8 Å². The van der Waals surface area contributed by atoms with Crippen LogP contribution in [-0.4, -0.2) is 54.5 Å². The topological polar surface area (TPSA) is 104 Å². The Morgan fingerprint density at radius 3 is 2.34 bits per heavy atom. The van der Waals surface area contributed by atoms with E-state index in [0.717, 1.165) is 9.87 Å². The molecule has 0 spiro atoms. The van der Waals surface area contributed by atoms with E-state index in [-0.39, 0.29) is 54.1 Å². The van der Waals surface area contributed by atoms with E-state index in [1.54, 1.807) is 43.3 Å². The summed E-state index contributed by atoms with van der Waals surface area (Å²) in [6.07, 6.45) is 0.111. The molecule has 1 heterocycles. The molecular weight excluding hydrogens is 490 g/mol. The first kappa shape index (κ1) is 26.7. The molecule has 3 amide bonds. The smallest absolute Gasteiger partial charge is 0.269 e. The Labute approximate surface area is 211 Å².